The van der Waals surface area contributed by atoms with Gasteiger partial charge in [0.25, 0.3) is 0 Å². The Hall–Kier alpha value is -2.25. The molecule has 0 unspecified atom stereocenters. The summed E-state index contributed by atoms with van der Waals surface area (Å²) in [5.41, 5.74) is -0.0176. The topological polar surface area (TPSA) is 61.4 Å². The number of fused-ring (bicyclic) bond motifs is 1. The lowest BCUT2D eigenvalue weighted by Crippen LogP contribution is -2.30. The molecule has 0 bridgehead atoms. The quantitative estimate of drug-likeness (QED) is 0.431. The Kier molecular flexibility index (Phi) is 5.59. The van der Waals surface area contributed by atoms with Gasteiger partial charge in [-0.05, 0) is 18.2 Å². The standard InChI is InChI=1S/C18H22FNO4Si/c1-12(19)8-15-13(2)24-18(22)16-9-14(10-21)20(17(15)16)11-23-6-7-25(3,4)5/h8-10H,1-2,6-7,11H2,3-5H3/b15-8+. The molecule has 25 heavy (non-hydrogen) atoms. The number of aldehydes is 1. The fourth-order valence-electron chi connectivity index (χ4n) is 2.45. The number of ether oxygens (including phenoxy) is 1. The fourth-order valence-corrected chi connectivity index (χ4v) is 3.20. The van der Waals surface area contributed by atoms with Gasteiger partial charge >= 0.3 is 5.63 Å². The first kappa shape index (κ1) is 19.1. The van der Waals surface area contributed by atoms with E-state index in [0.29, 0.717) is 18.4 Å². The third kappa shape index (κ3) is 4.43. The van der Waals surface area contributed by atoms with Crippen molar-refractivity contribution in [2.24, 2.45) is 0 Å². The van der Waals surface area contributed by atoms with Crippen LogP contribution in [0.1, 0.15) is 10.5 Å². The van der Waals surface area contributed by atoms with Crippen molar-refractivity contribution in [2.75, 3.05) is 6.61 Å². The van der Waals surface area contributed by atoms with Crippen LogP contribution in [0.5, 0.6) is 0 Å². The average molecular weight is 363 g/mol. The van der Waals surface area contributed by atoms with Gasteiger partial charge in [-0.1, -0.05) is 32.8 Å². The van der Waals surface area contributed by atoms with Crippen molar-refractivity contribution in [3.05, 3.63) is 45.2 Å². The van der Waals surface area contributed by atoms with Crippen LogP contribution < -0.4 is 16.3 Å². The van der Waals surface area contributed by atoms with Gasteiger partial charge in [-0.2, -0.15) is 0 Å². The Morgan fingerprint density at radius 3 is 2.68 bits per heavy atom. The van der Waals surface area contributed by atoms with Crippen molar-refractivity contribution in [3.8, 4) is 0 Å². The fraction of sp³-hybridized carbons (Fsp3) is 0.333. The molecule has 2 aromatic rings. The molecule has 2 rings (SSSR count). The zero-order valence-corrected chi connectivity index (χ0v) is 15.7. The van der Waals surface area contributed by atoms with Gasteiger partial charge in [0, 0.05) is 19.9 Å². The second-order valence-corrected chi connectivity index (χ2v) is 12.7. The molecule has 0 aliphatic rings. The normalized spacial score (nSPS) is 12.7. The number of hydrogen-bond acceptors (Lipinski definition) is 4. The highest BCUT2D eigenvalue weighted by molar-refractivity contribution is 6.76. The molecule has 5 nitrogen and oxygen atoms in total. The number of carbonyl (C=O) groups is 1. The van der Waals surface area contributed by atoms with Crippen molar-refractivity contribution in [1.29, 1.82) is 0 Å². The van der Waals surface area contributed by atoms with Crippen LogP contribution in [0.2, 0.25) is 25.7 Å². The molecule has 0 aliphatic carbocycles. The first-order valence-electron chi connectivity index (χ1n) is 7.88. The molecule has 0 radical (unpaired) electrons. The maximum Gasteiger partial charge on any atom is 0.345 e. The van der Waals surface area contributed by atoms with Crippen LogP contribution in [0.3, 0.4) is 0 Å². The smallest absolute Gasteiger partial charge is 0.345 e. The van der Waals surface area contributed by atoms with E-state index in [1.165, 1.54) is 10.6 Å². The number of carbonyl (C=O) groups excluding carboxylic acids is 1. The molecule has 0 aliphatic heterocycles. The van der Waals surface area contributed by atoms with Gasteiger partial charge in [0.2, 0.25) is 0 Å². The molecule has 0 fully saturated rings. The van der Waals surface area contributed by atoms with Gasteiger partial charge in [-0.15, -0.1) is 0 Å². The molecular formula is C18H22FNO4Si. The second kappa shape index (κ2) is 7.33. The zero-order valence-electron chi connectivity index (χ0n) is 14.7. The van der Waals surface area contributed by atoms with E-state index in [-0.39, 0.29) is 28.4 Å². The van der Waals surface area contributed by atoms with Crippen LogP contribution in [0.4, 0.5) is 4.39 Å². The van der Waals surface area contributed by atoms with Crippen LogP contribution in [0, 0.1) is 0 Å². The summed E-state index contributed by atoms with van der Waals surface area (Å²) < 4.78 is 25.6. The molecule has 2 heterocycles. The first-order chi connectivity index (χ1) is 11.6. The van der Waals surface area contributed by atoms with E-state index < -0.39 is 19.5 Å². The summed E-state index contributed by atoms with van der Waals surface area (Å²) in [4.78, 5) is 23.5. The minimum Gasteiger partial charge on any atom is -0.423 e. The first-order valence-corrected chi connectivity index (χ1v) is 11.6. The molecule has 134 valence electrons. The van der Waals surface area contributed by atoms with Crippen molar-refractivity contribution in [1.82, 2.24) is 4.57 Å². The lowest BCUT2D eigenvalue weighted by Gasteiger charge is -2.16. The minimum atomic E-state index is -1.25. The Balaban J connectivity index is 2.58. The number of halogens is 1. The molecule has 0 saturated carbocycles. The third-order valence-corrected chi connectivity index (χ3v) is 5.46. The summed E-state index contributed by atoms with van der Waals surface area (Å²) in [6.07, 6.45) is 1.75. The summed E-state index contributed by atoms with van der Waals surface area (Å²) in [6.45, 7) is 14.2. The van der Waals surface area contributed by atoms with E-state index in [1.807, 2.05) is 0 Å². The maximum absolute atomic E-state index is 13.4. The summed E-state index contributed by atoms with van der Waals surface area (Å²) in [5, 5.41) is 0.444. The van der Waals surface area contributed by atoms with Crippen molar-refractivity contribution >= 4 is 37.9 Å². The van der Waals surface area contributed by atoms with Gasteiger partial charge in [-0.25, -0.2) is 9.18 Å². The Bertz CT molecular complexity index is 982. The van der Waals surface area contributed by atoms with E-state index in [2.05, 4.69) is 32.8 Å². The summed E-state index contributed by atoms with van der Waals surface area (Å²) in [7, 11) is -1.25. The molecule has 0 N–H and O–H groups in total. The minimum absolute atomic E-state index is 0.00944. The number of allylic oxidation sites excluding steroid dienone is 1. The molecule has 0 atom stereocenters. The predicted octanol–water partition coefficient (Wildman–Crippen LogP) is 2.39. The molecular weight excluding hydrogens is 341 g/mol. The van der Waals surface area contributed by atoms with E-state index in [4.69, 9.17) is 9.15 Å². The number of rotatable bonds is 7. The van der Waals surface area contributed by atoms with Gasteiger partial charge in [0.15, 0.2) is 6.29 Å². The average Bonchev–Trinajstić information content (AvgIpc) is 2.86. The highest BCUT2D eigenvalue weighted by Gasteiger charge is 2.16. The highest BCUT2D eigenvalue weighted by atomic mass is 28.3. The summed E-state index contributed by atoms with van der Waals surface area (Å²) in [5.74, 6) is -0.708. The van der Waals surface area contributed by atoms with Gasteiger partial charge in [0.05, 0.1) is 16.6 Å². The van der Waals surface area contributed by atoms with Crippen LogP contribution in [-0.4, -0.2) is 25.5 Å². The van der Waals surface area contributed by atoms with E-state index >= 15 is 0 Å². The van der Waals surface area contributed by atoms with E-state index in [9.17, 15) is 14.0 Å². The van der Waals surface area contributed by atoms with E-state index in [0.717, 1.165) is 12.1 Å². The monoisotopic (exact) mass is 363 g/mol. The molecule has 0 saturated heterocycles. The lowest BCUT2D eigenvalue weighted by molar-refractivity contribution is 0.0862. The number of aromatic nitrogens is 1. The largest absolute Gasteiger partial charge is 0.423 e. The number of nitrogens with zero attached hydrogens (tertiary/aromatic N) is 1. The molecule has 0 aromatic carbocycles. The van der Waals surface area contributed by atoms with Crippen molar-refractivity contribution in [3.63, 3.8) is 0 Å². The highest BCUT2D eigenvalue weighted by Crippen LogP contribution is 2.14. The van der Waals surface area contributed by atoms with Crippen LogP contribution in [-0.2, 0) is 11.5 Å². The number of hydrogen-bond donors (Lipinski definition) is 0. The van der Waals surface area contributed by atoms with Gasteiger partial charge in [-0.3, -0.25) is 4.79 Å². The zero-order chi connectivity index (χ0) is 18.8. The Labute approximate surface area is 145 Å². The predicted molar refractivity (Wildman–Crippen MR) is 99.5 cm³/mol. The van der Waals surface area contributed by atoms with Crippen LogP contribution in [0.25, 0.3) is 23.6 Å². The SMILES string of the molecule is C=C(F)/C=c1\c(=C)oc(=O)c2cc(C=O)n(COCC[Si](C)(C)C)c12. The van der Waals surface area contributed by atoms with Gasteiger partial charge in [0.1, 0.15) is 18.0 Å². The maximum atomic E-state index is 13.4. The lowest BCUT2D eigenvalue weighted by atomic mass is 10.2. The van der Waals surface area contributed by atoms with Crippen LogP contribution in [0.15, 0.2) is 27.7 Å². The summed E-state index contributed by atoms with van der Waals surface area (Å²) >= 11 is 0. The van der Waals surface area contributed by atoms with Gasteiger partial charge < -0.3 is 13.7 Å². The second-order valence-electron chi connectivity index (χ2n) is 7.04. The van der Waals surface area contributed by atoms with Crippen molar-refractivity contribution < 1.29 is 18.3 Å². The Morgan fingerprint density at radius 1 is 1.44 bits per heavy atom. The van der Waals surface area contributed by atoms with Crippen molar-refractivity contribution in [2.45, 2.75) is 32.4 Å². The molecule has 0 amide bonds. The van der Waals surface area contributed by atoms with E-state index in [1.54, 1.807) is 0 Å². The Morgan fingerprint density at radius 2 is 2.12 bits per heavy atom. The molecule has 0 spiro atoms. The summed E-state index contributed by atoms with van der Waals surface area (Å²) in [6, 6.07) is 2.37. The molecule has 7 heteroatoms. The van der Waals surface area contributed by atoms with Crippen LogP contribution >= 0.6 is 0 Å². The molecule has 2 aromatic heterocycles. The third-order valence-electron chi connectivity index (χ3n) is 3.76.